The summed E-state index contributed by atoms with van der Waals surface area (Å²) in [6.07, 6.45) is 2.63. The van der Waals surface area contributed by atoms with E-state index in [1.54, 1.807) is 11.8 Å². The Bertz CT molecular complexity index is 444. The molecule has 0 aromatic heterocycles. The number of thioether (sulfide) groups is 1. The smallest absolute Gasteiger partial charge is 0.224 e. The molecule has 1 saturated heterocycles. The minimum absolute atomic E-state index is 0.218. The lowest BCUT2D eigenvalue weighted by molar-refractivity contribution is -0.135. The molecule has 1 N–H and O–H groups in total. The molecule has 1 atom stereocenters. The fraction of sp³-hybridized carbons (Fsp3) is 0.562. The third-order valence-electron chi connectivity index (χ3n) is 3.77. The first kappa shape index (κ1) is 16.3. The standard InChI is InChI=1S/C16H24N2O2S/c1-13(14-3-5-15(21-2)6-4-14)17-8-7-16(19)18-9-11-20-12-10-18/h3-6,13,17H,7-12H2,1-2H3. The Hall–Kier alpha value is -1.04. The van der Waals surface area contributed by atoms with Gasteiger partial charge in [-0.25, -0.2) is 0 Å². The van der Waals surface area contributed by atoms with Crippen LogP contribution in [0.2, 0.25) is 0 Å². The van der Waals surface area contributed by atoms with Crippen molar-refractivity contribution in [1.82, 2.24) is 10.2 Å². The molecule has 0 saturated carbocycles. The van der Waals surface area contributed by atoms with Crippen LogP contribution in [0.1, 0.15) is 24.9 Å². The number of morpholine rings is 1. The van der Waals surface area contributed by atoms with Crippen LogP contribution in [0.5, 0.6) is 0 Å². The molecule has 0 spiro atoms. The molecule has 4 nitrogen and oxygen atoms in total. The second-order valence-electron chi connectivity index (χ2n) is 5.19. The Labute approximate surface area is 131 Å². The summed E-state index contributed by atoms with van der Waals surface area (Å²) in [5.41, 5.74) is 1.26. The van der Waals surface area contributed by atoms with Gasteiger partial charge in [0.2, 0.25) is 5.91 Å². The lowest BCUT2D eigenvalue weighted by Crippen LogP contribution is -2.41. The van der Waals surface area contributed by atoms with Gasteiger partial charge in [-0.15, -0.1) is 11.8 Å². The first-order valence-electron chi connectivity index (χ1n) is 7.43. The zero-order chi connectivity index (χ0) is 15.1. The molecule has 0 aliphatic carbocycles. The van der Waals surface area contributed by atoms with Crippen molar-refractivity contribution < 1.29 is 9.53 Å². The predicted molar refractivity (Wildman–Crippen MR) is 86.7 cm³/mol. The molecule has 1 aliphatic heterocycles. The van der Waals surface area contributed by atoms with Crippen molar-refractivity contribution in [3.05, 3.63) is 29.8 Å². The van der Waals surface area contributed by atoms with E-state index >= 15 is 0 Å². The Morgan fingerprint density at radius 3 is 2.62 bits per heavy atom. The van der Waals surface area contributed by atoms with Gasteiger partial charge in [0.1, 0.15) is 0 Å². The Morgan fingerprint density at radius 2 is 2.00 bits per heavy atom. The van der Waals surface area contributed by atoms with Crippen molar-refractivity contribution in [2.24, 2.45) is 0 Å². The van der Waals surface area contributed by atoms with Crippen LogP contribution < -0.4 is 5.32 Å². The topological polar surface area (TPSA) is 41.6 Å². The van der Waals surface area contributed by atoms with Crippen molar-refractivity contribution in [2.45, 2.75) is 24.3 Å². The van der Waals surface area contributed by atoms with E-state index in [9.17, 15) is 4.79 Å². The average Bonchev–Trinajstić information content (AvgIpc) is 2.55. The molecule has 5 heteroatoms. The van der Waals surface area contributed by atoms with Gasteiger partial charge >= 0.3 is 0 Å². The van der Waals surface area contributed by atoms with Crippen LogP contribution in [0.3, 0.4) is 0 Å². The largest absolute Gasteiger partial charge is 0.378 e. The normalized spacial score (nSPS) is 16.8. The number of hydrogen-bond acceptors (Lipinski definition) is 4. The molecular formula is C16H24N2O2S. The van der Waals surface area contributed by atoms with Gasteiger partial charge in [0.25, 0.3) is 0 Å². The van der Waals surface area contributed by atoms with Crippen LogP contribution in [-0.2, 0) is 9.53 Å². The van der Waals surface area contributed by atoms with E-state index in [-0.39, 0.29) is 11.9 Å². The highest BCUT2D eigenvalue weighted by atomic mass is 32.2. The quantitative estimate of drug-likeness (QED) is 0.819. The zero-order valence-electron chi connectivity index (χ0n) is 12.8. The number of carbonyl (C=O) groups excluding carboxylic acids is 1. The summed E-state index contributed by atoms with van der Waals surface area (Å²) < 4.78 is 5.26. The van der Waals surface area contributed by atoms with Crippen molar-refractivity contribution >= 4 is 17.7 Å². The maximum Gasteiger partial charge on any atom is 0.224 e. The van der Waals surface area contributed by atoms with Crippen molar-refractivity contribution in [2.75, 3.05) is 39.1 Å². The number of benzene rings is 1. The number of hydrogen-bond donors (Lipinski definition) is 1. The van der Waals surface area contributed by atoms with Crippen LogP contribution in [0, 0.1) is 0 Å². The van der Waals surface area contributed by atoms with Crippen molar-refractivity contribution in [3.63, 3.8) is 0 Å². The third-order valence-corrected chi connectivity index (χ3v) is 4.51. The van der Waals surface area contributed by atoms with Gasteiger partial charge in [-0.3, -0.25) is 4.79 Å². The minimum atomic E-state index is 0.218. The molecule has 0 radical (unpaired) electrons. The van der Waals surface area contributed by atoms with Gasteiger partial charge in [-0.1, -0.05) is 12.1 Å². The number of nitrogens with zero attached hydrogens (tertiary/aromatic N) is 1. The molecule has 1 aromatic carbocycles. The molecule has 1 heterocycles. The Kier molecular flexibility index (Phi) is 6.54. The molecule has 1 fully saturated rings. The van der Waals surface area contributed by atoms with Crippen molar-refractivity contribution in [3.8, 4) is 0 Å². The second-order valence-corrected chi connectivity index (χ2v) is 6.07. The molecule has 21 heavy (non-hydrogen) atoms. The lowest BCUT2D eigenvalue weighted by Gasteiger charge is -2.27. The Balaban J connectivity index is 1.72. The highest BCUT2D eigenvalue weighted by molar-refractivity contribution is 7.98. The number of rotatable bonds is 6. The first-order valence-corrected chi connectivity index (χ1v) is 8.66. The number of amides is 1. The second kappa shape index (κ2) is 8.41. The van der Waals surface area contributed by atoms with E-state index in [0.717, 1.165) is 13.1 Å². The maximum atomic E-state index is 12.0. The van der Waals surface area contributed by atoms with Gasteiger partial charge in [-0.05, 0) is 30.9 Å². The summed E-state index contributed by atoms with van der Waals surface area (Å²) in [5.74, 6) is 0.218. The molecule has 1 aromatic rings. The minimum Gasteiger partial charge on any atom is -0.378 e. The highest BCUT2D eigenvalue weighted by Crippen LogP contribution is 2.18. The lowest BCUT2D eigenvalue weighted by atomic mass is 10.1. The van der Waals surface area contributed by atoms with Gasteiger partial charge in [0.05, 0.1) is 13.2 Å². The fourth-order valence-corrected chi connectivity index (χ4v) is 2.79. The summed E-state index contributed by atoms with van der Waals surface area (Å²) in [5, 5.41) is 3.42. The average molecular weight is 308 g/mol. The van der Waals surface area contributed by atoms with Crippen LogP contribution >= 0.6 is 11.8 Å². The van der Waals surface area contributed by atoms with E-state index in [0.29, 0.717) is 26.2 Å². The molecule has 0 bridgehead atoms. The van der Waals surface area contributed by atoms with Gasteiger partial charge in [0.15, 0.2) is 0 Å². The summed E-state index contributed by atoms with van der Waals surface area (Å²) in [4.78, 5) is 15.2. The van der Waals surface area contributed by atoms with E-state index < -0.39 is 0 Å². The van der Waals surface area contributed by atoms with Gasteiger partial charge in [-0.2, -0.15) is 0 Å². The summed E-state index contributed by atoms with van der Waals surface area (Å²) in [6.45, 7) is 5.62. The molecule has 2 rings (SSSR count). The zero-order valence-corrected chi connectivity index (χ0v) is 13.6. The van der Waals surface area contributed by atoms with E-state index in [2.05, 4.69) is 42.8 Å². The van der Waals surface area contributed by atoms with Crippen LogP contribution in [0.4, 0.5) is 0 Å². The number of carbonyl (C=O) groups is 1. The number of ether oxygens (including phenoxy) is 1. The summed E-state index contributed by atoms with van der Waals surface area (Å²) in [7, 11) is 0. The number of nitrogens with one attached hydrogen (secondary N) is 1. The van der Waals surface area contributed by atoms with E-state index in [1.165, 1.54) is 10.5 Å². The van der Waals surface area contributed by atoms with E-state index in [4.69, 9.17) is 4.74 Å². The van der Waals surface area contributed by atoms with Gasteiger partial charge < -0.3 is 15.0 Å². The maximum absolute atomic E-state index is 12.0. The van der Waals surface area contributed by atoms with Crippen LogP contribution in [0.25, 0.3) is 0 Å². The van der Waals surface area contributed by atoms with E-state index in [1.807, 2.05) is 4.90 Å². The molecule has 116 valence electrons. The molecule has 1 aliphatic rings. The SMILES string of the molecule is CSc1ccc(C(C)NCCC(=O)N2CCOCC2)cc1. The molecule has 1 unspecified atom stereocenters. The summed E-state index contributed by atoms with van der Waals surface area (Å²) >= 11 is 1.75. The fourth-order valence-electron chi connectivity index (χ4n) is 2.38. The van der Waals surface area contributed by atoms with Crippen molar-refractivity contribution in [1.29, 1.82) is 0 Å². The Morgan fingerprint density at radius 1 is 1.33 bits per heavy atom. The third kappa shape index (κ3) is 5.02. The molecule has 1 amide bonds. The summed E-state index contributed by atoms with van der Waals surface area (Å²) in [6, 6.07) is 8.83. The first-order chi connectivity index (χ1) is 10.2. The van der Waals surface area contributed by atoms with Gasteiger partial charge in [0, 0.05) is 37.0 Å². The van der Waals surface area contributed by atoms with Crippen LogP contribution in [-0.4, -0.2) is 49.9 Å². The highest BCUT2D eigenvalue weighted by Gasteiger charge is 2.16. The predicted octanol–water partition coefficient (Wildman–Crippen LogP) is 2.31. The molecular weight excluding hydrogens is 284 g/mol. The monoisotopic (exact) mass is 308 g/mol. The van der Waals surface area contributed by atoms with Crippen LogP contribution in [0.15, 0.2) is 29.2 Å².